The summed E-state index contributed by atoms with van der Waals surface area (Å²) in [6.07, 6.45) is 1.88. The molecule has 4 N–H and O–H groups in total. The molecule has 0 unspecified atom stereocenters. The van der Waals surface area contributed by atoms with Crippen molar-refractivity contribution in [3.05, 3.63) is 28.3 Å². The lowest BCUT2D eigenvalue weighted by molar-refractivity contribution is -0.383. The Morgan fingerprint density at radius 1 is 1.35 bits per heavy atom. The van der Waals surface area contributed by atoms with E-state index in [2.05, 4.69) is 4.90 Å². The minimum absolute atomic E-state index is 0.0394. The third-order valence-electron chi connectivity index (χ3n) is 3.11. The van der Waals surface area contributed by atoms with Crippen LogP contribution in [-0.4, -0.2) is 24.1 Å². The fraction of sp³-hybridized carbons (Fsp3) is 0.455. The van der Waals surface area contributed by atoms with Crippen molar-refractivity contribution in [3.63, 3.8) is 0 Å². The lowest BCUT2D eigenvalue weighted by Crippen LogP contribution is -2.39. The molecule has 0 radical (unpaired) electrons. The van der Waals surface area contributed by atoms with Crippen molar-refractivity contribution in [2.75, 3.05) is 23.7 Å². The Labute approximate surface area is 99.3 Å². The Kier molecular flexibility index (Phi) is 3.14. The second-order valence-electron chi connectivity index (χ2n) is 4.32. The molecule has 1 fully saturated rings. The normalized spacial score (nSPS) is 17.1. The number of nitrogen functional groups attached to an aromatic ring is 1. The molecule has 1 aromatic rings. The summed E-state index contributed by atoms with van der Waals surface area (Å²) in [7, 11) is 0. The van der Waals surface area contributed by atoms with Crippen LogP contribution in [0.4, 0.5) is 17.1 Å². The van der Waals surface area contributed by atoms with E-state index in [1.165, 1.54) is 6.07 Å². The zero-order valence-electron chi connectivity index (χ0n) is 9.50. The summed E-state index contributed by atoms with van der Waals surface area (Å²) >= 11 is 0. The van der Waals surface area contributed by atoms with Gasteiger partial charge in [-0.3, -0.25) is 10.1 Å². The van der Waals surface area contributed by atoms with Gasteiger partial charge < -0.3 is 16.4 Å². The molecule has 6 nitrogen and oxygen atoms in total. The van der Waals surface area contributed by atoms with E-state index in [1.54, 1.807) is 12.1 Å². The monoisotopic (exact) mass is 236 g/mol. The first-order valence-corrected chi connectivity index (χ1v) is 5.62. The van der Waals surface area contributed by atoms with Crippen LogP contribution >= 0.6 is 0 Å². The number of nitrogens with zero attached hydrogens (tertiary/aromatic N) is 2. The van der Waals surface area contributed by atoms with E-state index in [0.717, 1.165) is 31.6 Å². The van der Waals surface area contributed by atoms with Crippen LogP contribution in [0, 0.1) is 10.1 Å². The summed E-state index contributed by atoms with van der Waals surface area (Å²) in [5.74, 6) is 0. The van der Waals surface area contributed by atoms with Crippen molar-refractivity contribution in [1.29, 1.82) is 0 Å². The second kappa shape index (κ2) is 4.58. The van der Waals surface area contributed by atoms with Gasteiger partial charge in [-0.05, 0) is 25.0 Å². The zero-order chi connectivity index (χ0) is 12.4. The molecule has 0 spiro atoms. The third-order valence-corrected chi connectivity index (χ3v) is 3.11. The highest BCUT2D eigenvalue weighted by atomic mass is 16.6. The average molecular weight is 236 g/mol. The minimum atomic E-state index is -0.467. The molecular weight excluding hydrogens is 220 g/mol. The van der Waals surface area contributed by atoms with Crippen molar-refractivity contribution in [3.8, 4) is 0 Å². The number of piperidine rings is 1. The minimum Gasteiger partial charge on any atom is -0.393 e. The van der Waals surface area contributed by atoms with E-state index in [1.807, 2.05) is 0 Å². The molecule has 0 saturated carbocycles. The number of benzene rings is 1. The number of hydrogen-bond donors (Lipinski definition) is 2. The van der Waals surface area contributed by atoms with Crippen molar-refractivity contribution in [2.24, 2.45) is 5.73 Å². The largest absolute Gasteiger partial charge is 0.393 e. The van der Waals surface area contributed by atoms with Gasteiger partial charge in [0, 0.05) is 30.9 Å². The standard InChI is InChI=1S/C11H16N4O2/c12-8-3-5-14(6-4-8)9-1-2-11(15(16)17)10(13)7-9/h1-2,7-8H,3-6,12-13H2. The lowest BCUT2D eigenvalue weighted by Gasteiger charge is -2.32. The Morgan fingerprint density at radius 2 is 2.00 bits per heavy atom. The van der Waals surface area contributed by atoms with Crippen LogP contribution in [-0.2, 0) is 0 Å². The van der Waals surface area contributed by atoms with E-state index in [-0.39, 0.29) is 17.4 Å². The number of anilines is 2. The average Bonchev–Trinajstić information content (AvgIpc) is 2.29. The Balaban J connectivity index is 2.17. The molecule has 1 saturated heterocycles. The van der Waals surface area contributed by atoms with Crippen LogP contribution in [0.2, 0.25) is 0 Å². The summed E-state index contributed by atoms with van der Waals surface area (Å²) in [5.41, 5.74) is 12.6. The van der Waals surface area contributed by atoms with Crippen molar-refractivity contribution < 1.29 is 4.92 Å². The highest BCUT2D eigenvalue weighted by Crippen LogP contribution is 2.28. The number of hydrogen-bond acceptors (Lipinski definition) is 5. The molecule has 1 aliphatic heterocycles. The van der Waals surface area contributed by atoms with E-state index < -0.39 is 4.92 Å². The van der Waals surface area contributed by atoms with Crippen LogP contribution < -0.4 is 16.4 Å². The summed E-state index contributed by atoms with van der Waals surface area (Å²) < 4.78 is 0. The first-order chi connectivity index (χ1) is 8.08. The van der Waals surface area contributed by atoms with Gasteiger partial charge in [0.25, 0.3) is 5.69 Å². The van der Waals surface area contributed by atoms with Gasteiger partial charge in [-0.2, -0.15) is 0 Å². The molecule has 17 heavy (non-hydrogen) atoms. The Hall–Kier alpha value is -1.82. The summed E-state index contributed by atoms with van der Waals surface area (Å²) in [4.78, 5) is 12.3. The molecule has 0 atom stereocenters. The smallest absolute Gasteiger partial charge is 0.292 e. The second-order valence-corrected chi connectivity index (χ2v) is 4.32. The fourth-order valence-electron chi connectivity index (χ4n) is 2.06. The van der Waals surface area contributed by atoms with Gasteiger partial charge in [0.05, 0.1) is 4.92 Å². The van der Waals surface area contributed by atoms with Gasteiger partial charge in [0.1, 0.15) is 5.69 Å². The summed E-state index contributed by atoms with van der Waals surface area (Å²) in [6, 6.07) is 5.13. The number of nitro benzene ring substituents is 1. The Bertz CT molecular complexity index is 427. The SMILES string of the molecule is Nc1cc(N2CCC(N)CC2)ccc1[N+](=O)[O-]. The highest BCUT2D eigenvalue weighted by Gasteiger charge is 2.18. The van der Waals surface area contributed by atoms with Crippen LogP contribution in [0.1, 0.15) is 12.8 Å². The molecule has 6 heteroatoms. The fourth-order valence-corrected chi connectivity index (χ4v) is 2.06. The maximum absolute atomic E-state index is 10.6. The Morgan fingerprint density at radius 3 is 2.53 bits per heavy atom. The van der Waals surface area contributed by atoms with E-state index in [9.17, 15) is 10.1 Å². The molecule has 1 heterocycles. The van der Waals surface area contributed by atoms with Gasteiger partial charge in [0.15, 0.2) is 0 Å². The summed E-state index contributed by atoms with van der Waals surface area (Å²) in [5, 5.41) is 10.6. The van der Waals surface area contributed by atoms with Crippen LogP contribution in [0.25, 0.3) is 0 Å². The molecule has 1 aromatic carbocycles. The third kappa shape index (κ3) is 2.47. The first kappa shape index (κ1) is 11.7. The van der Waals surface area contributed by atoms with Crippen molar-refractivity contribution >= 4 is 17.1 Å². The van der Waals surface area contributed by atoms with Crippen LogP contribution in [0.5, 0.6) is 0 Å². The van der Waals surface area contributed by atoms with Gasteiger partial charge >= 0.3 is 0 Å². The van der Waals surface area contributed by atoms with Crippen LogP contribution in [0.15, 0.2) is 18.2 Å². The maximum Gasteiger partial charge on any atom is 0.292 e. The van der Waals surface area contributed by atoms with Gasteiger partial charge in [-0.15, -0.1) is 0 Å². The number of nitro groups is 1. The number of rotatable bonds is 2. The van der Waals surface area contributed by atoms with E-state index in [4.69, 9.17) is 11.5 Å². The maximum atomic E-state index is 10.6. The number of nitrogens with two attached hydrogens (primary N) is 2. The van der Waals surface area contributed by atoms with Gasteiger partial charge in [-0.1, -0.05) is 0 Å². The molecule has 0 aliphatic carbocycles. The topological polar surface area (TPSA) is 98.4 Å². The molecule has 1 aliphatic rings. The first-order valence-electron chi connectivity index (χ1n) is 5.62. The quantitative estimate of drug-likeness (QED) is 0.455. The van der Waals surface area contributed by atoms with Crippen molar-refractivity contribution in [1.82, 2.24) is 0 Å². The lowest BCUT2D eigenvalue weighted by atomic mass is 10.1. The molecule has 0 amide bonds. The molecule has 0 bridgehead atoms. The predicted molar refractivity (Wildman–Crippen MR) is 66.9 cm³/mol. The van der Waals surface area contributed by atoms with Gasteiger partial charge in [0.2, 0.25) is 0 Å². The molecular formula is C11H16N4O2. The molecule has 92 valence electrons. The predicted octanol–water partition coefficient (Wildman–Crippen LogP) is 1.10. The van der Waals surface area contributed by atoms with Crippen molar-refractivity contribution in [2.45, 2.75) is 18.9 Å². The molecule has 2 rings (SSSR count). The van der Waals surface area contributed by atoms with E-state index in [0.29, 0.717) is 0 Å². The van der Waals surface area contributed by atoms with Gasteiger partial charge in [-0.25, -0.2) is 0 Å². The highest BCUT2D eigenvalue weighted by molar-refractivity contribution is 5.66. The zero-order valence-corrected chi connectivity index (χ0v) is 9.50. The summed E-state index contributed by atoms with van der Waals surface area (Å²) in [6.45, 7) is 1.75. The van der Waals surface area contributed by atoms with E-state index >= 15 is 0 Å². The molecule has 0 aromatic heterocycles. The van der Waals surface area contributed by atoms with Crippen LogP contribution in [0.3, 0.4) is 0 Å².